The van der Waals surface area contributed by atoms with Crippen LogP contribution in [0.5, 0.6) is 5.75 Å². The Morgan fingerprint density at radius 1 is 1.53 bits per heavy atom. The molecule has 1 heterocycles. The van der Waals surface area contributed by atoms with Crippen LogP contribution in [0.15, 0.2) is 12.1 Å². The highest BCUT2D eigenvalue weighted by Gasteiger charge is 2.12. The molecule has 0 spiro atoms. The van der Waals surface area contributed by atoms with Gasteiger partial charge in [-0.2, -0.15) is 5.26 Å². The number of ether oxygens (including phenoxy) is 1. The minimum Gasteiger partial charge on any atom is -0.476 e. The van der Waals surface area contributed by atoms with E-state index in [0.29, 0.717) is 16.8 Å². The molecule has 0 radical (unpaired) electrons. The molecule has 2 rings (SSSR count). The van der Waals surface area contributed by atoms with Crippen LogP contribution < -0.4 is 4.74 Å². The molecule has 0 amide bonds. The number of nitrogens with one attached hydrogen (secondary N) is 1. The Labute approximate surface area is 98.0 Å². The number of fused-ring (bicyclic) bond motifs is 1. The molecule has 0 bridgehead atoms. The Kier molecular flexibility index (Phi) is 2.96. The quantitative estimate of drug-likeness (QED) is 0.886. The van der Waals surface area contributed by atoms with Crippen molar-refractivity contribution in [1.82, 2.24) is 9.97 Å². The molecule has 4 nitrogen and oxygen atoms in total. The van der Waals surface area contributed by atoms with Crippen LogP contribution in [0.3, 0.4) is 0 Å². The smallest absolute Gasteiger partial charge is 0.174 e. The number of H-pyrrole nitrogens is 1. The number of hydrogen-bond donors (Lipinski definition) is 1. The summed E-state index contributed by atoms with van der Waals surface area (Å²) in [7, 11) is 0. The van der Waals surface area contributed by atoms with Gasteiger partial charge in [-0.25, -0.2) is 9.37 Å². The zero-order valence-corrected chi connectivity index (χ0v) is 9.62. The van der Waals surface area contributed by atoms with Gasteiger partial charge >= 0.3 is 0 Å². The summed E-state index contributed by atoms with van der Waals surface area (Å²) in [4.78, 5) is 7.39. The van der Waals surface area contributed by atoms with Gasteiger partial charge in [-0.05, 0) is 6.07 Å². The number of aromatic nitrogens is 2. The molecule has 0 saturated heterocycles. The standard InChI is InChI=1S/C12H12FN3O/c1-7(2)12-15-9-5-8(13)6-10(11(9)16-12)17-4-3-14/h5-7H,4H2,1-2H3,(H,15,16). The van der Waals surface area contributed by atoms with E-state index in [-0.39, 0.29) is 12.5 Å². The lowest BCUT2D eigenvalue weighted by atomic mass is 10.2. The Bertz CT molecular complexity index is 583. The first-order valence-electron chi connectivity index (χ1n) is 5.30. The molecule has 0 aliphatic rings. The van der Waals surface area contributed by atoms with Gasteiger partial charge in [-0.3, -0.25) is 0 Å². The highest BCUT2D eigenvalue weighted by atomic mass is 19.1. The average molecular weight is 233 g/mol. The normalized spacial score (nSPS) is 10.8. The van der Waals surface area contributed by atoms with Gasteiger partial charge in [0, 0.05) is 12.0 Å². The van der Waals surface area contributed by atoms with Crippen LogP contribution in [0.2, 0.25) is 0 Å². The fourth-order valence-electron chi connectivity index (χ4n) is 1.56. The van der Waals surface area contributed by atoms with Crippen molar-refractivity contribution in [3.8, 4) is 11.8 Å². The van der Waals surface area contributed by atoms with E-state index in [1.54, 1.807) is 0 Å². The maximum Gasteiger partial charge on any atom is 0.174 e. The van der Waals surface area contributed by atoms with Crippen LogP contribution in [-0.2, 0) is 0 Å². The van der Waals surface area contributed by atoms with E-state index in [1.807, 2.05) is 19.9 Å². The number of nitriles is 1. The van der Waals surface area contributed by atoms with Crippen LogP contribution >= 0.6 is 0 Å². The van der Waals surface area contributed by atoms with Crippen LogP contribution in [0.25, 0.3) is 11.0 Å². The fourth-order valence-corrected chi connectivity index (χ4v) is 1.56. The molecule has 1 N–H and O–H groups in total. The van der Waals surface area contributed by atoms with E-state index in [0.717, 1.165) is 5.82 Å². The second-order valence-corrected chi connectivity index (χ2v) is 4.02. The zero-order valence-electron chi connectivity index (χ0n) is 9.62. The van der Waals surface area contributed by atoms with Crippen molar-refractivity contribution in [2.75, 3.05) is 6.61 Å². The summed E-state index contributed by atoms with van der Waals surface area (Å²) in [6.45, 7) is 3.86. The lowest BCUT2D eigenvalue weighted by molar-refractivity contribution is 0.369. The third-order valence-corrected chi connectivity index (χ3v) is 2.37. The van der Waals surface area contributed by atoms with Gasteiger partial charge in [0.15, 0.2) is 12.4 Å². The van der Waals surface area contributed by atoms with Crippen molar-refractivity contribution < 1.29 is 9.13 Å². The Balaban J connectivity index is 2.54. The monoisotopic (exact) mass is 233 g/mol. The number of nitrogens with zero attached hydrogens (tertiary/aromatic N) is 2. The van der Waals surface area contributed by atoms with Crippen LogP contribution in [0.4, 0.5) is 4.39 Å². The predicted octanol–water partition coefficient (Wildman–Crippen LogP) is 2.73. The predicted molar refractivity (Wildman–Crippen MR) is 61.2 cm³/mol. The van der Waals surface area contributed by atoms with Crippen LogP contribution in [0.1, 0.15) is 25.6 Å². The first-order chi connectivity index (χ1) is 8.11. The Morgan fingerprint density at radius 2 is 2.29 bits per heavy atom. The molecular weight excluding hydrogens is 221 g/mol. The molecule has 1 aromatic carbocycles. The van der Waals surface area contributed by atoms with Crippen LogP contribution in [-0.4, -0.2) is 16.6 Å². The number of hydrogen-bond acceptors (Lipinski definition) is 3. The maximum absolute atomic E-state index is 13.3. The van der Waals surface area contributed by atoms with Gasteiger partial charge in [-0.1, -0.05) is 13.8 Å². The number of halogens is 1. The number of benzene rings is 1. The van der Waals surface area contributed by atoms with E-state index in [2.05, 4.69) is 9.97 Å². The van der Waals surface area contributed by atoms with Gasteiger partial charge in [-0.15, -0.1) is 0 Å². The minimum absolute atomic E-state index is 0.123. The average Bonchev–Trinajstić information content (AvgIpc) is 2.69. The molecule has 0 fully saturated rings. The number of aromatic amines is 1. The maximum atomic E-state index is 13.3. The molecule has 0 aliphatic heterocycles. The Morgan fingerprint density at radius 3 is 2.94 bits per heavy atom. The first kappa shape index (κ1) is 11.4. The third-order valence-electron chi connectivity index (χ3n) is 2.37. The lowest BCUT2D eigenvalue weighted by Gasteiger charge is -2.01. The van der Waals surface area contributed by atoms with Gasteiger partial charge in [0.25, 0.3) is 0 Å². The molecule has 1 aromatic heterocycles. The largest absolute Gasteiger partial charge is 0.476 e. The molecule has 88 valence electrons. The second-order valence-electron chi connectivity index (χ2n) is 4.02. The van der Waals surface area contributed by atoms with E-state index in [4.69, 9.17) is 10.00 Å². The van der Waals surface area contributed by atoms with Crippen LogP contribution in [0, 0.1) is 17.1 Å². The van der Waals surface area contributed by atoms with E-state index in [1.165, 1.54) is 12.1 Å². The molecule has 5 heteroatoms. The molecule has 2 aromatic rings. The van der Waals surface area contributed by atoms with Gasteiger partial charge in [0.05, 0.1) is 5.52 Å². The van der Waals surface area contributed by atoms with E-state index >= 15 is 0 Å². The summed E-state index contributed by atoms with van der Waals surface area (Å²) in [6.07, 6.45) is 0. The van der Waals surface area contributed by atoms with Gasteiger partial charge in [0.2, 0.25) is 0 Å². The molecule has 0 atom stereocenters. The topological polar surface area (TPSA) is 61.7 Å². The minimum atomic E-state index is -0.413. The van der Waals surface area contributed by atoms with Crippen molar-refractivity contribution in [2.45, 2.75) is 19.8 Å². The third kappa shape index (κ3) is 2.21. The number of rotatable bonds is 3. The lowest BCUT2D eigenvalue weighted by Crippen LogP contribution is -1.95. The van der Waals surface area contributed by atoms with Crippen molar-refractivity contribution in [1.29, 1.82) is 5.26 Å². The molecule has 0 saturated carbocycles. The molecule has 0 aliphatic carbocycles. The summed E-state index contributed by atoms with van der Waals surface area (Å²) in [6, 6.07) is 4.46. The highest BCUT2D eigenvalue weighted by molar-refractivity contribution is 5.82. The van der Waals surface area contributed by atoms with Gasteiger partial charge in [0.1, 0.15) is 23.2 Å². The van der Waals surface area contributed by atoms with E-state index < -0.39 is 5.82 Å². The molecule has 17 heavy (non-hydrogen) atoms. The first-order valence-corrected chi connectivity index (χ1v) is 5.30. The van der Waals surface area contributed by atoms with E-state index in [9.17, 15) is 4.39 Å². The number of imidazole rings is 1. The second kappa shape index (κ2) is 4.42. The summed E-state index contributed by atoms with van der Waals surface area (Å²) in [5.41, 5.74) is 1.15. The fraction of sp³-hybridized carbons (Fsp3) is 0.333. The SMILES string of the molecule is CC(C)c1nc2c(OCC#N)cc(F)cc2[nH]1. The summed E-state index contributed by atoms with van der Waals surface area (Å²) < 4.78 is 18.5. The van der Waals surface area contributed by atoms with Crippen molar-refractivity contribution in [2.24, 2.45) is 0 Å². The summed E-state index contributed by atoms with van der Waals surface area (Å²) in [5.74, 6) is 0.871. The highest BCUT2D eigenvalue weighted by Crippen LogP contribution is 2.27. The summed E-state index contributed by atoms with van der Waals surface area (Å²) >= 11 is 0. The van der Waals surface area contributed by atoms with Crippen molar-refractivity contribution >= 4 is 11.0 Å². The van der Waals surface area contributed by atoms with Gasteiger partial charge < -0.3 is 9.72 Å². The Hall–Kier alpha value is -2.09. The molecule has 0 unspecified atom stereocenters. The molecular formula is C12H12FN3O. The van der Waals surface area contributed by atoms with Crippen molar-refractivity contribution in [3.05, 3.63) is 23.8 Å². The zero-order chi connectivity index (χ0) is 12.4. The summed E-state index contributed by atoms with van der Waals surface area (Å²) in [5, 5.41) is 8.47. The van der Waals surface area contributed by atoms with Crippen molar-refractivity contribution in [3.63, 3.8) is 0 Å².